The van der Waals surface area contributed by atoms with Crippen molar-refractivity contribution in [2.75, 3.05) is 27.3 Å². The maximum Gasteiger partial charge on any atom is 0.234 e. The standard InChI is InChI=1S/C26H27ClN4O2/c1-26(17-19-7-5-4-6-8-19,25(32)30(2)15-16-33-3)23-13-14-28-24-22(18-29-31(23)24)20-9-11-21(27)12-10-20/h4-14,18H,15-17H2,1-3H3. The SMILES string of the molecule is COCCN(C)C(=O)C(C)(Cc1ccccc1)c1ccnc2c(-c3ccc(Cl)cc3)cnn12. The molecule has 0 bridgehead atoms. The van der Waals surface area contributed by atoms with E-state index in [1.807, 2.05) is 74.6 Å². The van der Waals surface area contributed by atoms with E-state index in [2.05, 4.69) is 10.1 Å². The number of amides is 1. The molecule has 0 fully saturated rings. The van der Waals surface area contributed by atoms with Crippen LogP contribution in [0.25, 0.3) is 16.8 Å². The molecule has 0 radical (unpaired) electrons. The summed E-state index contributed by atoms with van der Waals surface area (Å²) in [6.45, 7) is 2.95. The number of likely N-dealkylation sites (N-methyl/N-ethyl adjacent to an activating group) is 1. The molecule has 2 aromatic carbocycles. The van der Waals surface area contributed by atoms with E-state index in [1.54, 1.807) is 28.9 Å². The van der Waals surface area contributed by atoms with E-state index in [9.17, 15) is 4.79 Å². The second kappa shape index (κ2) is 9.73. The van der Waals surface area contributed by atoms with Gasteiger partial charge in [0, 0.05) is 37.5 Å². The number of aromatic nitrogens is 3. The zero-order chi connectivity index (χ0) is 23.4. The Morgan fingerprint density at radius 3 is 2.55 bits per heavy atom. The van der Waals surface area contributed by atoms with Gasteiger partial charge in [-0.1, -0.05) is 54.1 Å². The van der Waals surface area contributed by atoms with Gasteiger partial charge in [0.15, 0.2) is 5.65 Å². The Balaban J connectivity index is 1.83. The van der Waals surface area contributed by atoms with Crippen LogP contribution in [0.1, 0.15) is 18.2 Å². The fourth-order valence-electron chi connectivity index (χ4n) is 4.17. The van der Waals surface area contributed by atoms with Gasteiger partial charge >= 0.3 is 0 Å². The normalized spacial score (nSPS) is 13.1. The molecule has 0 aliphatic heterocycles. The zero-order valence-corrected chi connectivity index (χ0v) is 19.8. The lowest BCUT2D eigenvalue weighted by molar-refractivity contribution is -0.136. The third kappa shape index (κ3) is 4.63. The fraction of sp³-hybridized carbons (Fsp3) is 0.269. The van der Waals surface area contributed by atoms with Gasteiger partial charge in [0.25, 0.3) is 0 Å². The Bertz CT molecular complexity index is 1240. The Labute approximate surface area is 198 Å². The molecule has 0 spiro atoms. The third-order valence-electron chi connectivity index (χ3n) is 5.97. The predicted molar refractivity (Wildman–Crippen MR) is 130 cm³/mol. The molecule has 0 aliphatic rings. The summed E-state index contributed by atoms with van der Waals surface area (Å²) < 4.78 is 6.99. The molecule has 7 heteroatoms. The summed E-state index contributed by atoms with van der Waals surface area (Å²) in [5.41, 5.74) is 3.54. The fourth-order valence-corrected chi connectivity index (χ4v) is 4.30. The van der Waals surface area contributed by atoms with Crippen LogP contribution < -0.4 is 0 Å². The molecule has 0 aliphatic carbocycles. The van der Waals surface area contributed by atoms with Gasteiger partial charge in [0.2, 0.25) is 5.91 Å². The molecule has 0 saturated heterocycles. The summed E-state index contributed by atoms with van der Waals surface area (Å²) in [6.07, 6.45) is 4.06. The number of fused-ring (bicyclic) bond motifs is 1. The van der Waals surface area contributed by atoms with Crippen LogP contribution in [-0.4, -0.2) is 52.7 Å². The largest absolute Gasteiger partial charge is 0.383 e. The molecular formula is C26H27ClN4O2. The van der Waals surface area contributed by atoms with Crippen molar-refractivity contribution >= 4 is 23.2 Å². The molecule has 1 amide bonds. The summed E-state index contributed by atoms with van der Waals surface area (Å²) in [6, 6.07) is 19.5. The van der Waals surface area contributed by atoms with Crippen molar-refractivity contribution in [2.24, 2.45) is 0 Å². The van der Waals surface area contributed by atoms with Gasteiger partial charge in [-0.05, 0) is 42.7 Å². The summed E-state index contributed by atoms with van der Waals surface area (Å²) in [4.78, 5) is 20.1. The van der Waals surface area contributed by atoms with Crippen molar-refractivity contribution in [1.29, 1.82) is 0 Å². The molecule has 2 aromatic heterocycles. The highest BCUT2D eigenvalue weighted by atomic mass is 35.5. The van der Waals surface area contributed by atoms with Gasteiger partial charge in [0.1, 0.15) is 0 Å². The molecule has 4 aromatic rings. The van der Waals surface area contributed by atoms with Crippen LogP contribution in [0.4, 0.5) is 0 Å². The quantitative estimate of drug-likeness (QED) is 0.382. The van der Waals surface area contributed by atoms with Gasteiger partial charge < -0.3 is 9.64 Å². The molecule has 170 valence electrons. The summed E-state index contributed by atoms with van der Waals surface area (Å²) in [5.74, 6) is -0.000513. The lowest BCUT2D eigenvalue weighted by Gasteiger charge is -2.33. The summed E-state index contributed by atoms with van der Waals surface area (Å²) in [5, 5.41) is 5.33. The van der Waals surface area contributed by atoms with E-state index in [1.165, 1.54) is 0 Å². The number of hydrogen-bond acceptors (Lipinski definition) is 4. The van der Waals surface area contributed by atoms with Crippen LogP contribution in [0.2, 0.25) is 5.02 Å². The molecular weight excluding hydrogens is 436 g/mol. The van der Waals surface area contributed by atoms with E-state index < -0.39 is 5.41 Å². The highest BCUT2D eigenvalue weighted by Crippen LogP contribution is 2.33. The van der Waals surface area contributed by atoms with Crippen molar-refractivity contribution < 1.29 is 9.53 Å². The number of carbonyl (C=O) groups is 1. The first-order valence-corrected chi connectivity index (χ1v) is 11.2. The van der Waals surface area contributed by atoms with E-state index >= 15 is 0 Å². The van der Waals surface area contributed by atoms with Crippen LogP contribution in [0, 0.1) is 0 Å². The average molecular weight is 463 g/mol. The van der Waals surface area contributed by atoms with Crippen LogP contribution in [0.3, 0.4) is 0 Å². The summed E-state index contributed by atoms with van der Waals surface area (Å²) in [7, 11) is 3.45. The minimum Gasteiger partial charge on any atom is -0.383 e. The number of nitrogens with zero attached hydrogens (tertiary/aromatic N) is 4. The second-order valence-electron chi connectivity index (χ2n) is 8.34. The Kier molecular flexibility index (Phi) is 6.77. The van der Waals surface area contributed by atoms with Crippen molar-refractivity contribution in [3.05, 3.63) is 89.3 Å². The van der Waals surface area contributed by atoms with Crippen LogP contribution in [0.5, 0.6) is 0 Å². The number of rotatable bonds is 8. The zero-order valence-electron chi connectivity index (χ0n) is 19.0. The lowest BCUT2D eigenvalue weighted by Crippen LogP contribution is -2.47. The smallest absolute Gasteiger partial charge is 0.234 e. The highest BCUT2D eigenvalue weighted by Gasteiger charge is 2.40. The molecule has 0 N–H and O–H groups in total. The Hall–Kier alpha value is -3.22. The second-order valence-corrected chi connectivity index (χ2v) is 8.78. The number of hydrogen-bond donors (Lipinski definition) is 0. The average Bonchev–Trinajstić information content (AvgIpc) is 3.27. The van der Waals surface area contributed by atoms with Crippen molar-refractivity contribution in [3.8, 4) is 11.1 Å². The molecule has 1 atom stereocenters. The number of benzene rings is 2. The molecule has 1 unspecified atom stereocenters. The van der Waals surface area contributed by atoms with E-state index in [4.69, 9.17) is 16.3 Å². The number of ether oxygens (including phenoxy) is 1. The number of methoxy groups -OCH3 is 1. The molecule has 4 rings (SSSR count). The van der Waals surface area contributed by atoms with Crippen LogP contribution in [-0.2, 0) is 21.4 Å². The van der Waals surface area contributed by atoms with E-state index in [-0.39, 0.29) is 5.91 Å². The Morgan fingerprint density at radius 1 is 1.12 bits per heavy atom. The molecule has 6 nitrogen and oxygen atoms in total. The first kappa shape index (κ1) is 23.0. The number of carbonyl (C=O) groups excluding carboxylic acids is 1. The Morgan fingerprint density at radius 2 is 1.85 bits per heavy atom. The predicted octanol–water partition coefficient (Wildman–Crippen LogP) is 4.65. The van der Waals surface area contributed by atoms with E-state index in [0.29, 0.717) is 30.2 Å². The third-order valence-corrected chi connectivity index (χ3v) is 6.22. The highest BCUT2D eigenvalue weighted by molar-refractivity contribution is 6.30. The van der Waals surface area contributed by atoms with Gasteiger partial charge in [0.05, 0.1) is 23.9 Å². The van der Waals surface area contributed by atoms with E-state index in [0.717, 1.165) is 22.4 Å². The maximum atomic E-state index is 13.8. The topological polar surface area (TPSA) is 59.7 Å². The number of halogens is 1. The van der Waals surface area contributed by atoms with Crippen LogP contribution >= 0.6 is 11.6 Å². The van der Waals surface area contributed by atoms with Gasteiger partial charge in [-0.15, -0.1) is 0 Å². The van der Waals surface area contributed by atoms with Crippen molar-refractivity contribution in [2.45, 2.75) is 18.8 Å². The first-order chi connectivity index (χ1) is 15.9. The summed E-state index contributed by atoms with van der Waals surface area (Å²) >= 11 is 6.07. The van der Waals surface area contributed by atoms with Crippen molar-refractivity contribution in [1.82, 2.24) is 19.5 Å². The maximum absolute atomic E-state index is 13.8. The minimum atomic E-state index is -0.867. The van der Waals surface area contributed by atoms with Gasteiger partial charge in [-0.25, -0.2) is 9.50 Å². The lowest BCUT2D eigenvalue weighted by atomic mass is 9.78. The monoisotopic (exact) mass is 462 g/mol. The minimum absolute atomic E-state index is 0.000513. The van der Waals surface area contributed by atoms with Gasteiger partial charge in [-0.2, -0.15) is 5.10 Å². The van der Waals surface area contributed by atoms with Crippen molar-refractivity contribution in [3.63, 3.8) is 0 Å². The molecule has 33 heavy (non-hydrogen) atoms. The first-order valence-electron chi connectivity index (χ1n) is 10.8. The molecule has 0 saturated carbocycles. The molecule has 2 heterocycles. The van der Waals surface area contributed by atoms with Gasteiger partial charge in [-0.3, -0.25) is 4.79 Å². The van der Waals surface area contributed by atoms with Crippen LogP contribution in [0.15, 0.2) is 73.1 Å².